The number of methoxy groups -OCH3 is 2. The van der Waals surface area contributed by atoms with Gasteiger partial charge < -0.3 is 14.8 Å². The number of carbonyl (C=O) groups is 3. The maximum atomic E-state index is 12.8. The molecule has 1 fully saturated rings. The van der Waals surface area contributed by atoms with E-state index in [2.05, 4.69) is 21.8 Å². The molecule has 3 rings (SSSR count). The SMILES string of the molecule is C=Cc1cc(C(=O)OF)c(-c2ccc(C(=O)NCC3CC3)nc2C(=O)OC)cc1OC.CC. The summed E-state index contributed by atoms with van der Waals surface area (Å²) in [5, 5.41) is 2.77. The number of nitrogens with zero attached hydrogens (tertiary/aromatic N) is 1. The number of pyridine rings is 1. The van der Waals surface area contributed by atoms with Crippen LogP contribution in [0, 0.1) is 5.92 Å². The van der Waals surface area contributed by atoms with Gasteiger partial charge in [0.1, 0.15) is 11.4 Å². The lowest BCUT2D eigenvalue weighted by atomic mass is 9.95. The second-order valence-corrected chi connectivity index (χ2v) is 6.95. The molecule has 176 valence electrons. The van der Waals surface area contributed by atoms with Crippen molar-refractivity contribution < 1.29 is 33.3 Å². The van der Waals surface area contributed by atoms with Crippen LogP contribution in [0.25, 0.3) is 17.2 Å². The zero-order chi connectivity index (χ0) is 24.5. The van der Waals surface area contributed by atoms with Gasteiger partial charge >= 0.3 is 11.9 Å². The van der Waals surface area contributed by atoms with E-state index in [9.17, 15) is 18.9 Å². The number of halogens is 1. The monoisotopic (exact) mass is 458 g/mol. The molecule has 8 nitrogen and oxygen atoms in total. The Balaban J connectivity index is 0.00000187. The summed E-state index contributed by atoms with van der Waals surface area (Å²) in [7, 11) is 2.57. The number of aromatic nitrogens is 1. The molecule has 0 radical (unpaired) electrons. The van der Waals surface area contributed by atoms with E-state index in [-0.39, 0.29) is 28.1 Å². The summed E-state index contributed by atoms with van der Waals surface area (Å²) in [6.45, 7) is 8.17. The first kappa shape index (κ1) is 25.5. The van der Waals surface area contributed by atoms with Gasteiger partial charge in [-0.05, 0) is 43.0 Å². The number of carbonyl (C=O) groups excluding carboxylic acids is 3. The maximum Gasteiger partial charge on any atom is 0.380 e. The molecule has 1 aromatic carbocycles. The third kappa shape index (κ3) is 5.94. The van der Waals surface area contributed by atoms with E-state index in [4.69, 9.17) is 9.47 Å². The number of benzene rings is 1. The molecule has 1 saturated carbocycles. The second-order valence-electron chi connectivity index (χ2n) is 6.95. The summed E-state index contributed by atoms with van der Waals surface area (Å²) in [6, 6.07) is 5.59. The number of ether oxygens (including phenoxy) is 2. The molecule has 1 aliphatic rings. The normalized spacial score (nSPS) is 12.0. The molecular formula is C24H27FN2O6. The molecule has 1 aromatic heterocycles. The highest BCUT2D eigenvalue weighted by molar-refractivity contribution is 6.04. The molecule has 33 heavy (non-hydrogen) atoms. The molecule has 0 bridgehead atoms. The predicted octanol–water partition coefficient (Wildman–Crippen LogP) is 4.39. The molecule has 2 aromatic rings. The first-order chi connectivity index (χ1) is 15.9. The van der Waals surface area contributed by atoms with Crippen LogP contribution in [-0.4, -0.2) is 43.6 Å². The van der Waals surface area contributed by atoms with Crippen LogP contribution < -0.4 is 10.1 Å². The molecule has 1 amide bonds. The predicted molar refractivity (Wildman–Crippen MR) is 121 cm³/mol. The Morgan fingerprint density at radius 3 is 2.39 bits per heavy atom. The number of hydrogen-bond donors (Lipinski definition) is 1. The summed E-state index contributed by atoms with van der Waals surface area (Å²) in [5.41, 5.74) is 0.270. The molecule has 0 atom stereocenters. The average molecular weight is 458 g/mol. The zero-order valence-corrected chi connectivity index (χ0v) is 19.1. The highest BCUT2D eigenvalue weighted by Crippen LogP contribution is 2.34. The minimum atomic E-state index is -1.28. The Labute approximate surface area is 191 Å². The Bertz CT molecular complexity index is 1050. The minimum Gasteiger partial charge on any atom is -0.496 e. The van der Waals surface area contributed by atoms with Crippen molar-refractivity contribution in [3.8, 4) is 16.9 Å². The van der Waals surface area contributed by atoms with Gasteiger partial charge in [-0.1, -0.05) is 26.5 Å². The fourth-order valence-electron chi connectivity index (χ4n) is 3.07. The minimum absolute atomic E-state index is 0.00842. The van der Waals surface area contributed by atoms with Gasteiger partial charge in [0.15, 0.2) is 5.69 Å². The third-order valence-electron chi connectivity index (χ3n) is 4.92. The van der Waals surface area contributed by atoms with Crippen molar-refractivity contribution in [2.24, 2.45) is 5.92 Å². The Hall–Kier alpha value is -3.75. The quantitative estimate of drug-likeness (QED) is 0.585. The van der Waals surface area contributed by atoms with Gasteiger partial charge in [-0.2, -0.15) is 0 Å². The Morgan fingerprint density at radius 1 is 1.15 bits per heavy atom. The van der Waals surface area contributed by atoms with Crippen LogP contribution in [0.1, 0.15) is 63.6 Å². The van der Waals surface area contributed by atoms with E-state index in [0.717, 1.165) is 20.0 Å². The maximum absolute atomic E-state index is 12.8. The third-order valence-corrected chi connectivity index (χ3v) is 4.92. The van der Waals surface area contributed by atoms with E-state index >= 15 is 0 Å². The van der Waals surface area contributed by atoms with Gasteiger partial charge in [0.25, 0.3) is 5.91 Å². The van der Waals surface area contributed by atoms with Crippen LogP contribution in [0.15, 0.2) is 30.8 Å². The largest absolute Gasteiger partial charge is 0.496 e. The van der Waals surface area contributed by atoms with Crippen molar-refractivity contribution in [3.05, 3.63) is 53.4 Å². The molecule has 1 heterocycles. The smallest absolute Gasteiger partial charge is 0.380 e. The highest BCUT2D eigenvalue weighted by Gasteiger charge is 2.26. The zero-order valence-electron chi connectivity index (χ0n) is 19.1. The molecule has 0 unspecified atom stereocenters. The summed E-state index contributed by atoms with van der Waals surface area (Å²) >= 11 is 0. The van der Waals surface area contributed by atoms with E-state index in [0.29, 0.717) is 23.8 Å². The van der Waals surface area contributed by atoms with Crippen LogP contribution in [0.4, 0.5) is 4.53 Å². The van der Waals surface area contributed by atoms with E-state index in [1.165, 1.54) is 37.5 Å². The van der Waals surface area contributed by atoms with Gasteiger partial charge in [0, 0.05) is 27.8 Å². The lowest BCUT2D eigenvalue weighted by molar-refractivity contribution is -0.0787. The molecule has 0 saturated heterocycles. The average Bonchev–Trinajstić information content (AvgIpc) is 3.70. The van der Waals surface area contributed by atoms with Crippen LogP contribution in [0.2, 0.25) is 0 Å². The van der Waals surface area contributed by atoms with Gasteiger partial charge in [-0.25, -0.2) is 19.5 Å². The first-order valence-corrected chi connectivity index (χ1v) is 10.5. The van der Waals surface area contributed by atoms with Crippen LogP contribution in [0.3, 0.4) is 0 Å². The lowest BCUT2D eigenvalue weighted by Crippen LogP contribution is -2.27. The Kier molecular flexibility index (Phi) is 9.08. The molecule has 9 heteroatoms. The van der Waals surface area contributed by atoms with Gasteiger partial charge in [0.2, 0.25) is 0 Å². The van der Waals surface area contributed by atoms with E-state index < -0.39 is 17.8 Å². The number of hydrogen-bond acceptors (Lipinski definition) is 7. The summed E-state index contributed by atoms with van der Waals surface area (Å²) in [6.07, 6.45) is 3.55. The fraction of sp³-hybridized carbons (Fsp3) is 0.333. The van der Waals surface area contributed by atoms with Gasteiger partial charge in [-0.3, -0.25) is 4.79 Å². The molecule has 1 N–H and O–H groups in total. The highest BCUT2D eigenvalue weighted by atomic mass is 19.3. The van der Waals surface area contributed by atoms with Crippen molar-refractivity contribution in [1.29, 1.82) is 0 Å². The molecular weight excluding hydrogens is 431 g/mol. The summed E-state index contributed by atoms with van der Waals surface area (Å²) < 4.78 is 22.9. The number of rotatable bonds is 8. The fourth-order valence-corrected chi connectivity index (χ4v) is 3.07. The molecule has 0 spiro atoms. The van der Waals surface area contributed by atoms with Crippen molar-refractivity contribution >= 4 is 23.9 Å². The topological polar surface area (TPSA) is 104 Å². The van der Waals surface area contributed by atoms with Crippen LogP contribution in [0.5, 0.6) is 5.75 Å². The number of amides is 1. The van der Waals surface area contributed by atoms with Crippen molar-refractivity contribution in [3.63, 3.8) is 0 Å². The number of nitrogens with one attached hydrogen (secondary N) is 1. The molecule has 1 aliphatic carbocycles. The van der Waals surface area contributed by atoms with Crippen LogP contribution >= 0.6 is 0 Å². The van der Waals surface area contributed by atoms with Crippen molar-refractivity contribution in [1.82, 2.24) is 10.3 Å². The summed E-state index contributed by atoms with van der Waals surface area (Å²) in [5.74, 6) is -1.76. The van der Waals surface area contributed by atoms with Crippen molar-refractivity contribution in [2.45, 2.75) is 26.7 Å². The van der Waals surface area contributed by atoms with E-state index in [1.807, 2.05) is 13.8 Å². The standard InChI is InChI=1S/C22H21FN2O6.C2H6/c1-4-13-9-16(21(27)31-23)15(10-18(13)29-2)14-7-8-17(25-19(14)22(28)30-3)20(26)24-11-12-5-6-12;1-2/h4,7-10,12H,1,5-6,11H2,2-3H3,(H,24,26);1-2H3. The van der Waals surface area contributed by atoms with E-state index in [1.54, 1.807) is 0 Å². The van der Waals surface area contributed by atoms with Gasteiger partial charge in [-0.15, -0.1) is 0 Å². The lowest BCUT2D eigenvalue weighted by Gasteiger charge is -2.15. The van der Waals surface area contributed by atoms with Gasteiger partial charge in [0.05, 0.1) is 19.8 Å². The summed E-state index contributed by atoms with van der Waals surface area (Å²) in [4.78, 5) is 44.5. The Morgan fingerprint density at radius 2 is 1.85 bits per heavy atom. The number of esters is 1. The second kappa shape index (κ2) is 11.8. The van der Waals surface area contributed by atoms with Crippen molar-refractivity contribution in [2.75, 3.05) is 20.8 Å². The molecule has 0 aliphatic heterocycles. The van der Waals surface area contributed by atoms with Crippen LogP contribution in [-0.2, 0) is 9.68 Å². The first-order valence-electron chi connectivity index (χ1n) is 10.5.